The molecule has 84 valence electrons. The third-order valence-electron chi connectivity index (χ3n) is 2.06. The minimum absolute atomic E-state index is 0.0113. The summed E-state index contributed by atoms with van der Waals surface area (Å²) in [4.78, 5) is 14.0. The van der Waals surface area contributed by atoms with E-state index in [1.54, 1.807) is 0 Å². The number of carboxylic acid groups (broad SMARTS) is 1. The molecule has 0 aliphatic rings. The minimum Gasteiger partial charge on any atom is -0.478 e. The smallest absolute Gasteiger partial charge is 0.359 e. The van der Waals surface area contributed by atoms with Crippen molar-refractivity contribution >= 4 is 17.0 Å². The molecular weight excluding hydrogens is 225 g/mol. The second-order valence-corrected chi connectivity index (χ2v) is 3.08. The zero-order chi connectivity index (χ0) is 11.9. The monoisotopic (exact) mass is 230 g/mol. The summed E-state index contributed by atoms with van der Waals surface area (Å²) in [6.07, 6.45) is -1.50. The molecule has 2 aromatic rings. The summed E-state index contributed by atoms with van der Waals surface area (Å²) >= 11 is 0. The predicted molar refractivity (Wildman–Crippen MR) is 47.4 cm³/mol. The van der Waals surface area contributed by atoms with Gasteiger partial charge in [-0.2, -0.15) is 0 Å². The van der Waals surface area contributed by atoms with Crippen molar-refractivity contribution < 1.29 is 23.1 Å². The number of fused-ring (bicyclic) bond motifs is 1. The summed E-state index contributed by atoms with van der Waals surface area (Å²) in [6.45, 7) is 0. The van der Waals surface area contributed by atoms with Crippen molar-refractivity contribution in [1.82, 2.24) is 9.55 Å². The molecule has 1 heterocycles. The molecule has 0 radical (unpaired) electrons. The highest BCUT2D eigenvalue weighted by molar-refractivity contribution is 5.79. The van der Waals surface area contributed by atoms with Crippen LogP contribution in [0, 0.1) is 11.6 Å². The van der Waals surface area contributed by atoms with Gasteiger partial charge in [0.15, 0.2) is 11.6 Å². The summed E-state index contributed by atoms with van der Waals surface area (Å²) in [5.74, 6) is -4.04. The summed E-state index contributed by atoms with van der Waals surface area (Å²) in [7, 11) is 0. The van der Waals surface area contributed by atoms with Gasteiger partial charge in [-0.25, -0.2) is 22.9 Å². The van der Waals surface area contributed by atoms with Crippen LogP contribution in [0.2, 0.25) is 0 Å². The molecule has 16 heavy (non-hydrogen) atoms. The number of alkyl halides is 1. The number of aromatic nitrogens is 2. The molecule has 0 bridgehead atoms. The van der Waals surface area contributed by atoms with Gasteiger partial charge in [-0.15, -0.1) is 0 Å². The largest absolute Gasteiger partial charge is 0.478 e. The normalized spacial score (nSPS) is 12.9. The van der Waals surface area contributed by atoms with Gasteiger partial charge in [0, 0.05) is 12.1 Å². The highest BCUT2D eigenvalue weighted by Gasteiger charge is 2.21. The standard InChI is InChI=1S/C9H5F3N2O2/c10-4-1-6-7(2-5(4)11)14(3-13-6)8(12)9(15)16/h1-3,8H,(H,15,16). The summed E-state index contributed by atoms with van der Waals surface area (Å²) in [6, 6.07) is 1.48. The molecule has 0 saturated heterocycles. The lowest BCUT2D eigenvalue weighted by molar-refractivity contribution is -0.146. The molecule has 0 amide bonds. The van der Waals surface area contributed by atoms with Gasteiger partial charge >= 0.3 is 5.97 Å². The molecule has 0 aliphatic carbocycles. The van der Waals surface area contributed by atoms with E-state index in [0.29, 0.717) is 10.6 Å². The first-order valence-electron chi connectivity index (χ1n) is 4.19. The maximum atomic E-state index is 13.2. The number of carboxylic acids is 1. The summed E-state index contributed by atoms with van der Waals surface area (Å²) in [5, 5.41) is 8.45. The van der Waals surface area contributed by atoms with Gasteiger partial charge in [0.1, 0.15) is 0 Å². The lowest BCUT2D eigenvalue weighted by Gasteiger charge is -2.05. The molecule has 1 unspecified atom stereocenters. The molecule has 7 heteroatoms. The number of halogens is 3. The van der Waals surface area contributed by atoms with Crippen LogP contribution < -0.4 is 0 Å². The van der Waals surface area contributed by atoms with Crippen LogP contribution in [0.1, 0.15) is 6.30 Å². The number of benzene rings is 1. The Morgan fingerprint density at radius 2 is 2.00 bits per heavy atom. The predicted octanol–water partition coefficient (Wildman–Crippen LogP) is 1.87. The van der Waals surface area contributed by atoms with Crippen LogP contribution in [0.5, 0.6) is 0 Å². The second-order valence-electron chi connectivity index (χ2n) is 3.08. The zero-order valence-corrected chi connectivity index (χ0v) is 7.69. The molecule has 1 aromatic heterocycles. The highest BCUT2D eigenvalue weighted by Crippen LogP contribution is 2.21. The fraction of sp³-hybridized carbons (Fsp3) is 0.111. The second kappa shape index (κ2) is 3.51. The van der Waals surface area contributed by atoms with Crippen molar-refractivity contribution in [2.24, 2.45) is 0 Å². The number of rotatable bonds is 2. The maximum Gasteiger partial charge on any atom is 0.359 e. The Morgan fingerprint density at radius 3 is 2.62 bits per heavy atom. The van der Waals surface area contributed by atoms with Crippen LogP contribution in [0.3, 0.4) is 0 Å². The van der Waals surface area contributed by atoms with E-state index in [1.165, 1.54) is 0 Å². The van der Waals surface area contributed by atoms with Crippen molar-refractivity contribution in [1.29, 1.82) is 0 Å². The van der Waals surface area contributed by atoms with E-state index in [4.69, 9.17) is 5.11 Å². The molecule has 4 nitrogen and oxygen atoms in total. The Kier molecular flexibility index (Phi) is 2.30. The SMILES string of the molecule is O=C(O)C(F)n1cnc2cc(F)c(F)cc21. The fourth-order valence-corrected chi connectivity index (χ4v) is 1.32. The van der Waals surface area contributed by atoms with Gasteiger partial charge in [-0.05, 0) is 0 Å². The van der Waals surface area contributed by atoms with Crippen LogP contribution in [-0.4, -0.2) is 20.6 Å². The fourth-order valence-electron chi connectivity index (χ4n) is 1.32. The summed E-state index contributed by atoms with van der Waals surface area (Å²) in [5.41, 5.74) is -0.128. The Labute approximate surface area is 86.9 Å². The van der Waals surface area contributed by atoms with E-state index < -0.39 is 23.9 Å². The first-order valence-corrected chi connectivity index (χ1v) is 4.19. The number of imidazole rings is 1. The molecule has 1 N–H and O–H groups in total. The van der Waals surface area contributed by atoms with E-state index in [2.05, 4.69) is 4.98 Å². The van der Waals surface area contributed by atoms with Crippen molar-refractivity contribution in [3.63, 3.8) is 0 Å². The number of carbonyl (C=O) groups is 1. The van der Waals surface area contributed by atoms with Gasteiger partial charge in [0.25, 0.3) is 6.30 Å². The first-order chi connectivity index (χ1) is 7.50. The van der Waals surface area contributed by atoms with Crippen molar-refractivity contribution in [2.75, 3.05) is 0 Å². The van der Waals surface area contributed by atoms with E-state index >= 15 is 0 Å². The maximum absolute atomic E-state index is 13.2. The van der Waals surface area contributed by atoms with Crippen LogP contribution in [-0.2, 0) is 4.79 Å². The zero-order valence-electron chi connectivity index (χ0n) is 7.69. The van der Waals surface area contributed by atoms with E-state index in [1.807, 2.05) is 0 Å². The van der Waals surface area contributed by atoms with Crippen LogP contribution in [0.4, 0.5) is 13.2 Å². The molecule has 0 saturated carbocycles. The number of hydrogen-bond acceptors (Lipinski definition) is 2. The topological polar surface area (TPSA) is 55.1 Å². The molecule has 0 spiro atoms. The average molecular weight is 230 g/mol. The number of aliphatic carboxylic acids is 1. The quantitative estimate of drug-likeness (QED) is 0.856. The van der Waals surface area contributed by atoms with Crippen molar-refractivity contribution in [2.45, 2.75) is 6.30 Å². The Hall–Kier alpha value is -2.05. The van der Waals surface area contributed by atoms with Gasteiger partial charge in [0.2, 0.25) is 0 Å². The van der Waals surface area contributed by atoms with Crippen molar-refractivity contribution in [3.8, 4) is 0 Å². The minimum atomic E-state index is -2.38. The lowest BCUT2D eigenvalue weighted by Crippen LogP contribution is -2.13. The van der Waals surface area contributed by atoms with Crippen LogP contribution >= 0.6 is 0 Å². The lowest BCUT2D eigenvalue weighted by atomic mass is 10.3. The van der Waals surface area contributed by atoms with Gasteiger partial charge in [0.05, 0.1) is 17.4 Å². The Bertz CT molecular complexity index is 567. The van der Waals surface area contributed by atoms with E-state index in [-0.39, 0.29) is 11.0 Å². The van der Waals surface area contributed by atoms with Gasteiger partial charge in [-0.1, -0.05) is 0 Å². The van der Waals surface area contributed by atoms with Crippen LogP contribution in [0.15, 0.2) is 18.5 Å². The van der Waals surface area contributed by atoms with E-state index in [9.17, 15) is 18.0 Å². The molecule has 1 atom stereocenters. The number of hydrogen-bond donors (Lipinski definition) is 1. The van der Waals surface area contributed by atoms with Gasteiger partial charge in [-0.3, -0.25) is 4.57 Å². The molecular formula is C9H5F3N2O2. The molecule has 0 aliphatic heterocycles. The third kappa shape index (κ3) is 1.50. The molecule has 2 rings (SSSR count). The van der Waals surface area contributed by atoms with Crippen molar-refractivity contribution in [3.05, 3.63) is 30.1 Å². The Morgan fingerprint density at radius 1 is 1.38 bits per heavy atom. The average Bonchev–Trinajstić information content (AvgIpc) is 2.60. The van der Waals surface area contributed by atoms with Gasteiger partial charge < -0.3 is 5.11 Å². The van der Waals surface area contributed by atoms with Crippen LogP contribution in [0.25, 0.3) is 11.0 Å². The number of nitrogens with zero attached hydrogens (tertiary/aromatic N) is 2. The highest BCUT2D eigenvalue weighted by atomic mass is 19.2. The molecule has 0 fully saturated rings. The van der Waals surface area contributed by atoms with E-state index in [0.717, 1.165) is 12.4 Å². The Balaban J connectivity index is 2.65. The summed E-state index contributed by atoms with van der Waals surface area (Å²) < 4.78 is 39.4. The third-order valence-corrected chi connectivity index (χ3v) is 2.06. The molecule has 1 aromatic carbocycles. The first kappa shape index (κ1) is 10.5.